The van der Waals surface area contributed by atoms with Crippen LogP contribution in [0.5, 0.6) is 0 Å². The van der Waals surface area contributed by atoms with E-state index in [1.165, 1.54) is 38.0 Å². The van der Waals surface area contributed by atoms with E-state index in [1.807, 2.05) is 48.5 Å². The van der Waals surface area contributed by atoms with E-state index in [1.54, 1.807) is 20.8 Å². The molecule has 1 fully saturated rings. The average molecular weight is 823 g/mol. The van der Waals surface area contributed by atoms with Gasteiger partial charge < -0.3 is 46.0 Å². The highest BCUT2D eigenvalue weighted by molar-refractivity contribution is 5.98. The van der Waals surface area contributed by atoms with E-state index >= 15 is 0 Å². The Morgan fingerprint density at radius 1 is 0.534 bits per heavy atom. The molecule has 1 rings (SSSR count). The summed E-state index contributed by atoms with van der Waals surface area (Å²) in [5.41, 5.74) is 0. The van der Waals surface area contributed by atoms with E-state index in [9.17, 15) is 43.5 Å². The maximum atomic E-state index is 14.2. The smallest absolute Gasteiger partial charge is 0.247 e. The molecular weight excluding hydrogens is 748 g/mol. The Morgan fingerprint density at radius 3 is 1.50 bits per heavy atom. The lowest BCUT2D eigenvalue weighted by atomic mass is 9.93. The van der Waals surface area contributed by atoms with Gasteiger partial charge in [-0.25, -0.2) is 0 Å². The number of aliphatic hydroxyl groups excluding tert-OH is 1. The molecule has 332 valence electrons. The van der Waals surface area contributed by atoms with Gasteiger partial charge in [0.25, 0.3) is 0 Å². The lowest BCUT2D eigenvalue weighted by Gasteiger charge is -2.36. The summed E-state index contributed by atoms with van der Waals surface area (Å²) in [5, 5.41) is 21.2. The summed E-state index contributed by atoms with van der Waals surface area (Å²) in [6.07, 6.45) is 1.88. The van der Waals surface area contributed by atoms with Crippen LogP contribution in [0.3, 0.4) is 0 Å². The van der Waals surface area contributed by atoms with Crippen molar-refractivity contribution in [3.05, 3.63) is 0 Å². The van der Waals surface area contributed by atoms with Crippen molar-refractivity contribution in [3.8, 4) is 0 Å². The number of nitrogens with one attached hydrogen (secondary N) is 4. The fraction of sp³-hybridized carbons (Fsp3) is 0.805. The van der Waals surface area contributed by atoms with Crippen LogP contribution in [0.2, 0.25) is 0 Å². The molecule has 0 aromatic carbocycles. The number of nitrogens with zero attached hydrogens (tertiary/aromatic N) is 4. The number of hydrogen-bond acceptors (Lipinski definition) is 9. The van der Waals surface area contributed by atoms with Crippen LogP contribution in [-0.4, -0.2) is 156 Å². The lowest BCUT2D eigenvalue weighted by molar-refractivity contribution is -0.149. The third-order valence-corrected chi connectivity index (χ3v) is 11.3. The summed E-state index contributed by atoms with van der Waals surface area (Å²) < 4.78 is 0. The first kappa shape index (κ1) is 51.7. The van der Waals surface area contributed by atoms with Gasteiger partial charge in [0.2, 0.25) is 47.3 Å². The van der Waals surface area contributed by atoms with Crippen molar-refractivity contribution < 1.29 is 43.5 Å². The third kappa shape index (κ3) is 14.5. The molecule has 1 saturated heterocycles. The largest absolute Gasteiger partial charge is 0.394 e. The van der Waals surface area contributed by atoms with E-state index < -0.39 is 115 Å². The zero-order valence-corrected chi connectivity index (χ0v) is 37.5. The first-order chi connectivity index (χ1) is 27.0. The van der Waals surface area contributed by atoms with E-state index in [0.29, 0.717) is 19.3 Å². The van der Waals surface area contributed by atoms with Crippen LogP contribution in [0.4, 0.5) is 0 Å². The van der Waals surface area contributed by atoms with Crippen LogP contribution >= 0.6 is 0 Å². The van der Waals surface area contributed by atoms with Gasteiger partial charge in [0.1, 0.15) is 36.3 Å². The maximum absolute atomic E-state index is 14.2. The fourth-order valence-electron chi connectivity index (χ4n) is 7.00. The van der Waals surface area contributed by atoms with Gasteiger partial charge in [0.15, 0.2) is 0 Å². The van der Waals surface area contributed by atoms with Crippen molar-refractivity contribution in [1.29, 1.82) is 0 Å². The van der Waals surface area contributed by atoms with Crippen LogP contribution in [0.15, 0.2) is 0 Å². The Labute approximate surface area is 346 Å². The van der Waals surface area contributed by atoms with E-state index in [-0.39, 0.29) is 30.6 Å². The molecule has 9 atom stereocenters. The molecule has 17 nitrogen and oxygen atoms in total. The predicted molar refractivity (Wildman–Crippen MR) is 220 cm³/mol. The number of carbonyl (C=O) groups is 8. The van der Waals surface area contributed by atoms with E-state index in [0.717, 1.165) is 9.80 Å². The average Bonchev–Trinajstić information content (AvgIpc) is 3.16. The molecule has 17 heteroatoms. The standard InChI is InChI=1S/C41H74N8O9/c1-15-25(8)33-36(53)43-28(18-23(4)5)38(55)46(11)21-32(52)44-34(26(9)16-2)41(58)48(13)30(19-24(6)7)40(57)47(12)20-31(51)42-29(22-50)39(56)49(14)35(27(10)17-3)37(54)45-33/h23-30,33-35,50H,15-22H2,1-14H3,(H,42,51)(H,43,53)(H,44,52)(H,45,54)/t25-,26-,27-,28-,29-,30-,33-,34-,35-/m0/s1. The highest BCUT2D eigenvalue weighted by atomic mass is 16.3. The van der Waals surface area contributed by atoms with E-state index in [2.05, 4.69) is 21.3 Å². The first-order valence-electron chi connectivity index (χ1n) is 20.8. The summed E-state index contributed by atoms with van der Waals surface area (Å²) in [5.74, 6) is -6.37. The number of carbonyl (C=O) groups excluding carboxylic acids is 8. The highest BCUT2D eigenvalue weighted by Gasteiger charge is 2.40. The van der Waals surface area contributed by atoms with Crippen molar-refractivity contribution in [2.75, 3.05) is 47.9 Å². The monoisotopic (exact) mass is 823 g/mol. The minimum absolute atomic E-state index is 0.0575. The van der Waals surface area contributed by atoms with Crippen LogP contribution in [0.1, 0.15) is 101 Å². The van der Waals surface area contributed by atoms with Gasteiger partial charge in [0, 0.05) is 28.2 Å². The van der Waals surface area contributed by atoms with Gasteiger partial charge >= 0.3 is 0 Å². The molecule has 8 amide bonds. The Balaban J connectivity index is 3.91. The zero-order valence-electron chi connectivity index (χ0n) is 37.5. The summed E-state index contributed by atoms with van der Waals surface area (Å²) in [7, 11) is 5.66. The quantitative estimate of drug-likeness (QED) is 0.198. The second-order valence-electron chi connectivity index (χ2n) is 17.1. The Bertz CT molecular complexity index is 1440. The molecule has 0 spiro atoms. The van der Waals surface area contributed by atoms with Crippen LogP contribution in [0.25, 0.3) is 0 Å². The summed E-state index contributed by atoms with van der Waals surface area (Å²) in [6, 6.07) is -6.88. The Hall–Kier alpha value is -4.28. The van der Waals surface area contributed by atoms with Gasteiger partial charge in [-0.15, -0.1) is 0 Å². The van der Waals surface area contributed by atoms with Crippen molar-refractivity contribution in [2.24, 2.45) is 29.6 Å². The zero-order chi connectivity index (χ0) is 44.8. The molecule has 1 heterocycles. The van der Waals surface area contributed by atoms with Gasteiger partial charge in [-0.1, -0.05) is 88.5 Å². The first-order valence-corrected chi connectivity index (χ1v) is 20.8. The van der Waals surface area contributed by atoms with Crippen LogP contribution in [0, 0.1) is 29.6 Å². The van der Waals surface area contributed by atoms with Crippen molar-refractivity contribution in [1.82, 2.24) is 40.9 Å². The minimum atomic E-state index is -1.48. The van der Waals surface area contributed by atoms with Crippen LogP contribution < -0.4 is 21.3 Å². The molecule has 1 aliphatic rings. The number of rotatable bonds is 11. The van der Waals surface area contributed by atoms with E-state index in [4.69, 9.17) is 0 Å². The van der Waals surface area contributed by atoms with Crippen molar-refractivity contribution in [3.63, 3.8) is 0 Å². The van der Waals surface area contributed by atoms with Crippen molar-refractivity contribution in [2.45, 2.75) is 138 Å². The molecule has 58 heavy (non-hydrogen) atoms. The minimum Gasteiger partial charge on any atom is -0.394 e. The van der Waals surface area contributed by atoms with Crippen LogP contribution in [-0.2, 0) is 38.4 Å². The maximum Gasteiger partial charge on any atom is 0.247 e. The van der Waals surface area contributed by atoms with Crippen molar-refractivity contribution >= 4 is 47.3 Å². The number of aliphatic hydroxyl groups is 1. The number of likely N-dealkylation sites (N-methyl/N-ethyl adjacent to an activating group) is 4. The number of amides is 8. The number of hydrogen-bond donors (Lipinski definition) is 5. The second kappa shape index (κ2) is 24.0. The Kier molecular flexibility index (Phi) is 21.4. The summed E-state index contributed by atoms with van der Waals surface area (Å²) in [6.45, 7) is 16.6. The molecule has 1 aliphatic heterocycles. The highest BCUT2D eigenvalue weighted by Crippen LogP contribution is 2.20. The Morgan fingerprint density at radius 2 is 1.02 bits per heavy atom. The molecule has 0 aliphatic carbocycles. The molecular formula is C41H74N8O9. The lowest BCUT2D eigenvalue weighted by Crippen LogP contribution is -2.62. The van der Waals surface area contributed by atoms with Gasteiger partial charge in [-0.3, -0.25) is 38.4 Å². The molecule has 0 radical (unpaired) electrons. The molecule has 0 aromatic rings. The summed E-state index contributed by atoms with van der Waals surface area (Å²) >= 11 is 0. The molecule has 5 N–H and O–H groups in total. The summed E-state index contributed by atoms with van der Waals surface area (Å²) in [4.78, 5) is 116. The third-order valence-electron chi connectivity index (χ3n) is 11.3. The molecule has 0 unspecified atom stereocenters. The normalized spacial score (nSPS) is 26.6. The van der Waals surface area contributed by atoms with Gasteiger partial charge in [-0.2, -0.15) is 0 Å². The second-order valence-corrected chi connectivity index (χ2v) is 17.1. The predicted octanol–water partition coefficient (Wildman–Crippen LogP) is 0.733. The molecule has 0 bridgehead atoms. The SMILES string of the molecule is CC[C@H](C)[C@@H]1NC(=O)[C@H]([C@@H](C)CC)N(C)C(=O)[C@H](CO)NC(=O)CN(C)C(=O)[C@H](CC(C)C)N(C)C(=O)[C@H]([C@@H](C)CC)NC(=O)CN(C)C(=O)[C@H](CC(C)C)NC1=O. The van der Waals surface area contributed by atoms with Gasteiger partial charge in [-0.05, 0) is 42.4 Å². The van der Waals surface area contributed by atoms with Gasteiger partial charge in [0.05, 0.1) is 19.7 Å². The topological polar surface area (TPSA) is 218 Å². The molecule has 0 aromatic heterocycles. The molecule has 0 saturated carbocycles. The fourth-order valence-corrected chi connectivity index (χ4v) is 7.00.